The van der Waals surface area contributed by atoms with Gasteiger partial charge in [0.2, 0.25) is 5.91 Å². The molecule has 1 aliphatic rings. The number of rotatable bonds is 6. The lowest BCUT2D eigenvalue weighted by Crippen LogP contribution is -2.26. The van der Waals surface area contributed by atoms with Crippen molar-refractivity contribution in [3.63, 3.8) is 0 Å². The molecule has 1 aromatic rings. The summed E-state index contributed by atoms with van der Waals surface area (Å²) in [6.07, 6.45) is 1.31. The van der Waals surface area contributed by atoms with E-state index in [2.05, 4.69) is 34.6 Å². The molecule has 2 N–H and O–H groups in total. The molecule has 110 valence electrons. The van der Waals surface area contributed by atoms with Crippen LogP contribution in [0.4, 0.5) is 5.69 Å². The summed E-state index contributed by atoms with van der Waals surface area (Å²) in [5, 5.41) is 6.31. The van der Waals surface area contributed by atoms with Crippen molar-refractivity contribution >= 4 is 11.6 Å². The fourth-order valence-corrected chi connectivity index (χ4v) is 2.70. The Labute approximate surface area is 121 Å². The summed E-state index contributed by atoms with van der Waals surface area (Å²) in [7, 11) is 0. The minimum atomic E-state index is -0.0300. The highest BCUT2D eigenvalue weighted by Crippen LogP contribution is 2.15. The van der Waals surface area contributed by atoms with Crippen molar-refractivity contribution in [1.82, 2.24) is 10.2 Å². The largest absolute Gasteiger partial charge is 0.326 e. The van der Waals surface area contributed by atoms with Crippen LogP contribution in [0.15, 0.2) is 24.3 Å². The van der Waals surface area contributed by atoms with Crippen molar-refractivity contribution in [2.24, 2.45) is 5.92 Å². The van der Waals surface area contributed by atoms with Crippen molar-refractivity contribution in [1.29, 1.82) is 0 Å². The number of nitrogens with zero attached hydrogens (tertiary/aromatic N) is 1. The summed E-state index contributed by atoms with van der Waals surface area (Å²) in [5.74, 6) is 0.756. The summed E-state index contributed by atoms with van der Waals surface area (Å²) < 4.78 is 0. The molecule has 1 aromatic carbocycles. The monoisotopic (exact) mass is 275 g/mol. The van der Waals surface area contributed by atoms with Gasteiger partial charge in [0.15, 0.2) is 0 Å². The van der Waals surface area contributed by atoms with E-state index in [1.54, 1.807) is 0 Å². The van der Waals surface area contributed by atoms with E-state index in [1.807, 2.05) is 12.1 Å². The Hall–Kier alpha value is -1.39. The van der Waals surface area contributed by atoms with Gasteiger partial charge < -0.3 is 15.5 Å². The number of anilines is 1. The lowest BCUT2D eigenvalue weighted by Gasteiger charge is -2.14. The Kier molecular flexibility index (Phi) is 5.56. The molecule has 1 heterocycles. The Morgan fingerprint density at radius 2 is 2.10 bits per heavy atom. The zero-order valence-corrected chi connectivity index (χ0v) is 12.5. The van der Waals surface area contributed by atoms with E-state index in [9.17, 15) is 4.79 Å². The highest BCUT2D eigenvalue weighted by molar-refractivity contribution is 5.88. The molecule has 0 radical (unpaired) electrons. The number of carbonyl (C=O) groups excluding carboxylic acids is 1. The zero-order chi connectivity index (χ0) is 14.4. The average molecular weight is 275 g/mol. The van der Waals surface area contributed by atoms with Crippen molar-refractivity contribution < 1.29 is 4.79 Å². The summed E-state index contributed by atoms with van der Waals surface area (Å²) in [6.45, 7) is 9.37. The van der Waals surface area contributed by atoms with Crippen molar-refractivity contribution in [3.8, 4) is 0 Å². The van der Waals surface area contributed by atoms with Crippen LogP contribution in [0.25, 0.3) is 0 Å². The van der Waals surface area contributed by atoms with Crippen LogP contribution in [-0.4, -0.2) is 37.0 Å². The molecule has 20 heavy (non-hydrogen) atoms. The first-order valence-electron chi connectivity index (χ1n) is 7.47. The minimum Gasteiger partial charge on any atom is -0.326 e. The maximum atomic E-state index is 10.9. The number of amides is 1. The van der Waals surface area contributed by atoms with Crippen LogP contribution in [0.1, 0.15) is 25.8 Å². The van der Waals surface area contributed by atoms with Crippen LogP contribution < -0.4 is 10.6 Å². The van der Waals surface area contributed by atoms with Crippen LogP contribution in [0.5, 0.6) is 0 Å². The number of likely N-dealkylation sites (tertiary alicyclic amines) is 1. The van der Waals surface area contributed by atoms with E-state index < -0.39 is 0 Å². The van der Waals surface area contributed by atoms with Crippen LogP contribution >= 0.6 is 0 Å². The molecule has 0 saturated carbocycles. The van der Waals surface area contributed by atoms with E-state index in [1.165, 1.54) is 38.5 Å². The second-order valence-electron chi connectivity index (χ2n) is 5.56. The standard InChI is InChI=1S/C16H25N3O/c1-3-19-9-8-15(12-19)11-17-10-14-4-6-16(7-5-14)18-13(2)20/h4-7,15,17H,3,8-12H2,1-2H3,(H,18,20). The molecule has 1 unspecified atom stereocenters. The molecule has 1 saturated heterocycles. The fraction of sp³-hybridized carbons (Fsp3) is 0.562. The van der Waals surface area contributed by atoms with E-state index in [4.69, 9.17) is 0 Å². The van der Waals surface area contributed by atoms with Crippen molar-refractivity contribution in [2.45, 2.75) is 26.8 Å². The van der Waals surface area contributed by atoms with Gasteiger partial charge in [0.05, 0.1) is 0 Å². The van der Waals surface area contributed by atoms with E-state index in [0.717, 1.165) is 24.7 Å². The molecule has 4 heteroatoms. The average Bonchev–Trinajstić information content (AvgIpc) is 2.88. The van der Waals surface area contributed by atoms with E-state index in [-0.39, 0.29) is 5.91 Å². The van der Waals surface area contributed by atoms with E-state index >= 15 is 0 Å². The number of hydrogen-bond donors (Lipinski definition) is 2. The Bertz CT molecular complexity index is 430. The summed E-state index contributed by atoms with van der Waals surface area (Å²) in [6, 6.07) is 8.02. The van der Waals surface area contributed by atoms with Gasteiger partial charge in [-0.1, -0.05) is 19.1 Å². The molecule has 0 spiro atoms. The molecule has 0 aromatic heterocycles. The Balaban J connectivity index is 1.70. The van der Waals surface area contributed by atoms with Crippen molar-refractivity contribution in [2.75, 3.05) is 31.5 Å². The normalized spacial score (nSPS) is 19.2. The molecule has 1 amide bonds. The number of carbonyl (C=O) groups is 1. The van der Waals surface area contributed by atoms with Gasteiger partial charge >= 0.3 is 0 Å². The van der Waals surface area contributed by atoms with E-state index in [0.29, 0.717) is 0 Å². The maximum absolute atomic E-state index is 10.9. The van der Waals surface area contributed by atoms with Gasteiger partial charge in [-0.15, -0.1) is 0 Å². The van der Waals surface area contributed by atoms with Gasteiger partial charge in [0.25, 0.3) is 0 Å². The summed E-state index contributed by atoms with van der Waals surface area (Å²) in [4.78, 5) is 13.4. The van der Waals surface area contributed by atoms with Crippen molar-refractivity contribution in [3.05, 3.63) is 29.8 Å². The molecule has 0 aliphatic carbocycles. The van der Waals surface area contributed by atoms with Crippen LogP contribution in [0.2, 0.25) is 0 Å². The maximum Gasteiger partial charge on any atom is 0.221 e. The summed E-state index contributed by atoms with van der Waals surface area (Å²) in [5.41, 5.74) is 2.11. The predicted molar refractivity (Wildman–Crippen MR) is 82.7 cm³/mol. The van der Waals surface area contributed by atoms with Crippen LogP contribution in [-0.2, 0) is 11.3 Å². The molecule has 1 fully saturated rings. The SMILES string of the molecule is CCN1CCC(CNCc2ccc(NC(C)=O)cc2)C1. The lowest BCUT2D eigenvalue weighted by atomic mass is 10.1. The lowest BCUT2D eigenvalue weighted by molar-refractivity contribution is -0.114. The first-order valence-corrected chi connectivity index (χ1v) is 7.47. The number of benzene rings is 1. The quantitative estimate of drug-likeness (QED) is 0.835. The molecular weight excluding hydrogens is 250 g/mol. The second kappa shape index (κ2) is 7.41. The molecule has 2 rings (SSSR count). The van der Waals surface area contributed by atoms with Gasteiger partial charge in [-0.2, -0.15) is 0 Å². The van der Waals surface area contributed by atoms with Gasteiger partial charge in [0.1, 0.15) is 0 Å². The highest BCUT2D eigenvalue weighted by Gasteiger charge is 2.20. The van der Waals surface area contributed by atoms with Gasteiger partial charge in [-0.25, -0.2) is 0 Å². The third kappa shape index (κ3) is 4.62. The van der Waals surface area contributed by atoms with Crippen LogP contribution in [0.3, 0.4) is 0 Å². The third-order valence-corrected chi connectivity index (χ3v) is 3.85. The van der Waals surface area contributed by atoms with Crippen LogP contribution in [0, 0.1) is 5.92 Å². The number of hydrogen-bond acceptors (Lipinski definition) is 3. The third-order valence-electron chi connectivity index (χ3n) is 3.85. The predicted octanol–water partition coefficient (Wildman–Crippen LogP) is 2.08. The highest BCUT2D eigenvalue weighted by atomic mass is 16.1. The smallest absolute Gasteiger partial charge is 0.221 e. The molecule has 0 bridgehead atoms. The Morgan fingerprint density at radius 1 is 1.35 bits per heavy atom. The first-order chi connectivity index (χ1) is 9.67. The first kappa shape index (κ1) is 15.0. The molecule has 1 atom stereocenters. The topological polar surface area (TPSA) is 44.4 Å². The molecule has 1 aliphatic heterocycles. The zero-order valence-electron chi connectivity index (χ0n) is 12.5. The van der Waals surface area contributed by atoms with Gasteiger partial charge in [-0.05, 0) is 49.7 Å². The molecule has 4 nitrogen and oxygen atoms in total. The summed E-state index contributed by atoms with van der Waals surface area (Å²) >= 11 is 0. The fourth-order valence-electron chi connectivity index (χ4n) is 2.70. The Morgan fingerprint density at radius 3 is 2.70 bits per heavy atom. The molecular formula is C16H25N3O. The second-order valence-corrected chi connectivity index (χ2v) is 5.56. The van der Waals surface area contributed by atoms with Gasteiger partial charge in [0, 0.05) is 25.7 Å². The minimum absolute atomic E-state index is 0.0300. The van der Waals surface area contributed by atoms with Gasteiger partial charge in [-0.3, -0.25) is 4.79 Å². The number of nitrogens with one attached hydrogen (secondary N) is 2.